The molecule has 1 aliphatic heterocycles. The highest BCUT2D eigenvalue weighted by Crippen LogP contribution is 2.41. The van der Waals surface area contributed by atoms with Gasteiger partial charge in [-0.05, 0) is 42.3 Å². The number of carbonyl (C=O) groups excluding carboxylic acids is 2. The molecule has 8 heteroatoms. The first-order chi connectivity index (χ1) is 13.0. The first kappa shape index (κ1) is 17.3. The fourth-order valence-corrected chi connectivity index (χ4v) is 3.19. The van der Waals surface area contributed by atoms with Gasteiger partial charge in [0.05, 0.1) is 12.2 Å². The molecule has 0 bridgehead atoms. The smallest absolute Gasteiger partial charge is 0.414 e. The molecule has 0 spiro atoms. The van der Waals surface area contributed by atoms with Gasteiger partial charge in [-0.15, -0.1) is 0 Å². The summed E-state index contributed by atoms with van der Waals surface area (Å²) in [6.45, 7) is 0.635. The molecule has 0 radical (unpaired) electrons. The molecule has 2 aromatic carbocycles. The molecule has 6 nitrogen and oxygen atoms in total. The Morgan fingerprint density at radius 1 is 1.19 bits per heavy atom. The van der Waals surface area contributed by atoms with Crippen molar-refractivity contribution >= 4 is 23.5 Å². The summed E-state index contributed by atoms with van der Waals surface area (Å²) in [7, 11) is 0. The van der Waals surface area contributed by atoms with Crippen molar-refractivity contribution in [1.29, 1.82) is 0 Å². The summed E-state index contributed by atoms with van der Waals surface area (Å²) in [5, 5.41) is 5.22. The van der Waals surface area contributed by atoms with Gasteiger partial charge in [-0.25, -0.2) is 18.4 Å². The monoisotopic (exact) mass is 373 g/mol. The van der Waals surface area contributed by atoms with Gasteiger partial charge >= 0.3 is 12.1 Å². The van der Waals surface area contributed by atoms with E-state index in [9.17, 15) is 18.4 Å². The molecule has 1 saturated carbocycles. The average Bonchev–Trinajstić information content (AvgIpc) is 3.26. The van der Waals surface area contributed by atoms with E-state index in [0.29, 0.717) is 18.7 Å². The van der Waals surface area contributed by atoms with Crippen LogP contribution in [0, 0.1) is 11.6 Å². The van der Waals surface area contributed by atoms with Crippen molar-refractivity contribution in [2.45, 2.75) is 18.4 Å². The van der Waals surface area contributed by atoms with Crippen molar-refractivity contribution in [3.8, 4) is 0 Å². The fourth-order valence-electron chi connectivity index (χ4n) is 3.19. The second kappa shape index (κ2) is 6.86. The van der Waals surface area contributed by atoms with E-state index in [1.54, 1.807) is 6.07 Å². The highest BCUT2D eigenvalue weighted by Gasteiger charge is 2.39. The lowest BCUT2D eigenvalue weighted by molar-refractivity contribution is 0.181. The van der Waals surface area contributed by atoms with Crippen LogP contribution < -0.4 is 15.5 Å². The number of nitrogens with zero attached hydrogens (tertiary/aromatic N) is 1. The van der Waals surface area contributed by atoms with Crippen molar-refractivity contribution in [3.63, 3.8) is 0 Å². The molecule has 1 saturated heterocycles. The van der Waals surface area contributed by atoms with Crippen LogP contribution in [-0.2, 0) is 4.74 Å². The van der Waals surface area contributed by atoms with Crippen LogP contribution in [0.15, 0.2) is 42.5 Å². The quantitative estimate of drug-likeness (QED) is 0.860. The van der Waals surface area contributed by atoms with Crippen LogP contribution in [0.25, 0.3) is 0 Å². The Morgan fingerprint density at radius 2 is 2.04 bits per heavy atom. The minimum atomic E-state index is -0.612. The maximum absolute atomic E-state index is 14.0. The third kappa shape index (κ3) is 3.69. The summed E-state index contributed by atoms with van der Waals surface area (Å²) < 4.78 is 32.2. The van der Waals surface area contributed by atoms with Gasteiger partial charge in [-0.3, -0.25) is 4.90 Å². The first-order valence-corrected chi connectivity index (χ1v) is 8.58. The van der Waals surface area contributed by atoms with Crippen molar-refractivity contribution < 1.29 is 23.1 Å². The molecule has 2 aliphatic rings. The zero-order chi connectivity index (χ0) is 19.0. The van der Waals surface area contributed by atoms with E-state index in [-0.39, 0.29) is 30.1 Å². The number of nitrogens with one attached hydrogen (secondary N) is 2. The zero-order valence-electron chi connectivity index (χ0n) is 14.2. The van der Waals surface area contributed by atoms with Crippen molar-refractivity contribution in [3.05, 3.63) is 59.7 Å². The molecule has 1 aliphatic carbocycles. The summed E-state index contributed by atoms with van der Waals surface area (Å²) in [4.78, 5) is 25.2. The number of urea groups is 1. The maximum atomic E-state index is 14.0. The predicted molar refractivity (Wildman–Crippen MR) is 94.8 cm³/mol. The highest BCUT2D eigenvalue weighted by molar-refractivity contribution is 5.93. The Morgan fingerprint density at radius 3 is 2.78 bits per heavy atom. The number of benzene rings is 2. The Bertz CT molecular complexity index is 906. The number of ether oxygens (including phenoxy) is 1. The van der Waals surface area contributed by atoms with Crippen LogP contribution in [0.3, 0.4) is 0 Å². The molecule has 0 unspecified atom stereocenters. The lowest BCUT2D eigenvalue weighted by atomic mass is 10.1. The van der Waals surface area contributed by atoms with Crippen molar-refractivity contribution in [2.24, 2.45) is 0 Å². The molecule has 0 aromatic heterocycles. The molecular weight excluding hydrogens is 356 g/mol. The topological polar surface area (TPSA) is 70.7 Å². The Hall–Kier alpha value is -3.16. The minimum Gasteiger partial charge on any atom is -0.447 e. The van der Waals surface area contributed by atoms with Gasteiger partial charge in [0.25, 0.3) is 0 Å². The maximum Gasteiger partial charge on any atom is 0.414 e. The van der Waals surface area contributed by atoms with Crippen LogP contribution in [0.4, 0.5) is 29.7 Å². The summed E-state index contributed by atoms with van der Waals surface area (Å²) >= 11 is 0. The second-order valence-electron chi connectivity index (χ2n) is 6.53. The number of anilines is 2. The number of hydrogen-bond acceptors (Lipinski definition) is 3. The van der Waals surface area contributed by atoms with Crippen LogP contribution in [-0.4, -0.2) is 31.3 Å². The number of carbonyl (C=O) groups is 2. The van der Waals surface area contributed by atoms with Crippen LogP contribution in [0.2, 0.25) is 0 Å². The van der Waals surface area contributed by atoms with E-state index in [4.69, 9.17) is 4.74 Å². The molecule has 1 heterocycles. The number of rotatable bonds is 4. The standard InChI is InChI=1S/C19H17F2N3O3/c20-12-3-1-2-11(8-12)14-10-16(14)22-18(25)23-17-9-13(4-5-15(17)21)24-6-7-27-19(24)26/h1-5,8-9,14,16H,6-7,10H2,(H2,22,23,25)/t14-,16-/m0/s1. The highest BCUT2D eigenvalue weighted by atomic mass is 19.1. The van der Waals surface area contributed by atoms with Gasteiger partial charge in [0.1, 0.15) is 18.2 Å². The molecule has 27 heavy (non-hydrogen) atoms. The van der Waals surface area contributed by atoms with Crippen LogP contribution in [0.1, 0.15) is 17.9 Å². The van der Waals surface area contributed by atoms with E-state index in [1.165, 1.54) is 35.2 Å². The van der Waals surface area contributed by atoms with Gasteiger partial charge in [0, 0.05) is 17.6 Å². The van der Waals surface area contributed by atoms with E-state index in [2.05, 4.69) is 10.6 Å². The summed E-state index contributed by atoms with van der Waals surface area (Å²) in [5.41, 5.74) is 1.23. The molecule has 2 fully saturated rings. The largest absolute Gasteiger partial charge is 0.447 e. The molecule has 2 aromatic rings. The van der Waals surface area contributed by atoms with E-state index in [1.807, 2.05) is 6.07 Å². The number of cyclic esters (lactones) is 1. The van der Waals surface area contributed by atoms with E-state index >= 15 is 0 Å². The summed E-state index contributed by atoms with van der Waals surface area (Å²) in [6.07, 6.45) is 0.187. The third-order valence-electron chi connectivity index (χ3n) is 4.65. The van der Waals surface area contributed by atoms with E-state index < -0.39 is 17.9 Å². The van der Waals surface area contributed by atoms with Gasteiger partial charge in [-0.1, -0.05) is 12.1 Å². The second-order valence-corrected chi connectivity index (χ2v) is 6.53. The van der Waals surface area contributed by atoms with Gasteiger partial charge in [-0.2, -0.15) is 0 Å². The molecule has 4 rings (SSSR count). The Kier molecular flexibility index (Phi) is 4.39. The van der Waals surface area contributed by atoms with Crippen LogP contribution in [0.5, 0.6) is 0 Å². The van der Waals surface area contributed by atoms with Gasteiger partial charge < -0.3 is 15.4 Å². The predicted octanol–water partition coefficient (Wildman–Crippen LogP) is 3.60. The van der Waals surface area contributed by atoms with Gasteiger partial charge in [0.2, 0.25) is 0 Å². The van der Waals surface area contributed by atoms with Crippen molar-refractivity contribution in [1.82, 2.24) is 5.32 Å². The number of halogens is 2. The van der Waals surface area contributed by atoms with E-state index in [0.717, 1.165) is 5.56 Å². The lowest BCUT2D eigenvalue weighted by Gasteiger charge is -2.15. The third-order valence-corrected chi connectivity index (χ3v) is 4.65. The SMILES string of the molecule is O=C(Nc1cc(N2CCOC2=O)ccc1F)N[C@H]1C[C@H]1c1cccc(F)c1. The molecule has 3 amide bonds. The van der Waals surface area contributed by atoms with Gasteiger partial charge in [0.15, 0.2) is 0 Å². The fraction of sp³-hybridized carbons (Fsp3) is 0.263. The molecular formula is C19H17F2N3O3. The average molecular weight is 373 g/mol. The summed E-state index contributed by atoms with van der Waals surface area (Å²) in [5.74, 6) is -0.886. The van der Waals surface area contributed by atoms with Crippen LogP contribution >= 0.6 is 0 Å². The number of amides is 3. The molecule has 2 atom stereocenters. The minimum absolute atomic E-state index is 0.0346. The number of hydrogen-bond donors (Lipinski definition) is 2. The van der Waals surface area contributed by atoms with Crippen molar-refractivity contribution in [2.75, 3.05) is 23.4 Å². The Labute approximate surface area is 154 Å². The zero-order valence-corrected chi connectivity index (χ0v) is 14.2. The summed E-state index contributed by atoms with van der Waals surface area (Å²) in [6, 6.07) is 9.59. The normalized spacial score (nSPS) is 21.0. The lowest BCUT2D eigenvalue weighted by Crippen LogP contribution is -2.31. The molecule has 2 N–H and O–H groups in total. The Balaban J connectivity index is 1.39. The molecule has 140 valence electrons. The first-order valence-electron chi connectivity index (χ1n) is 8.58.